The Morgan fingerprint density at radius 1 is 1.18 bits per heavy atom. The van der Waals surface area contributed by atoms with E-state index in [0.29, 0.717) is 12.2 Å². The van der Waals surface area contributed by atoms with E-state index in [4.69, 9.17) is 16.2 Å². The van der Waals surface area contributed by atoms with Gasteiger partial charge in [-0.25, -0.2) is 4.98 Å². The van der Waals surface area contributed by atoms with Gasteiger partial charge in [0, 0.05) is 41.8 Å². The van der Waals surface area contributed by atoms with Crippen molar-refractivity contribution in [3.63, 3.8) is 0 Å². The summed E-state index contributed by atoms with van der Waals surface area (Å²) in [4.78, 5) is 4.44. The summed E-state index contributed by atoms with van der Waals surface area (Å²) in [6.07, 6.45) is 3.68. The summed E-state index contributed by atoms with van der Waals surface area (Å²) in [6.45, 7) is 0.440. The van der Waals surface area contributed by atoms with E-state index in [2.05, 4.69) is 4.98 Å². The summed E-state index contributed by atoms with van der Waals surface area (Å²) in [5, 5.41) is 0. The van der Waals surface area contributed by atoms with E-state index in [1.165, 1.54) is 0 Å². The zero-order valence-corrected chi connectivity index (χ0v) is 12.4. The van der Waals surface area contributed by atoms with Crippen molar-refractivity contribution in [2.24, 2.45) is 5.73 Å². The van der Waals surface area contributed by atoms with Crippen LogP contribution in [0.25, 0.3) is 17.1 Å². The summed E-state index contributed by atoms with van der Waals surface area (Å²) < 4.78 is 7.40. The second-order valence-corrected chi connectivity index (χ2v) is 4.95. The van der Waals surface area contributed by atoms with Gasteiger partial charge in [0.1, 0.15) is 11.6 Å². The van der Waals surface area contributed by atoms with Gasteiger partial charge >= 0.3 is 0 Å². The minimum absolute atomic E-state index is 0.440. The zero-order valence-electron chi connectivity index (χ0n) is 12.4. The molecule has 22 heavy (non-hydrogen) atoms. The van der Waals surface area contributed by atoms with E-state index in [9.17, 15) is 0 Å². The predicted molar refractivity (Wildman–Crippen MR) is 87.9 cm³/mol. The number of nitrogens with two attached hydrogens (primary N) is 2. The summed E-state index contributed by atoms with van der Waals surface area (Å²) >= 11 is 0. The number of ether oxygens (including phenoxy) is 1. The Bertz CT molecular complexity index is 795. The maximum absolute atomic E-state index is 5.87. The van der Waals surface area contributed by atoms with Gasteiger partial charge in [-0.15, -0.1) is 0 Å². The van der Waals surface area contributed by atoms with Crippen molar-refractivity contribution in [2.45, 2.75) is 6.54 Å². The van der Waals surface area contributed by atoms with Crippen LogP contribution in [-0.4, -0.2) is 16.7 Å². The summed E-state index contributed by atoms with van der Waals surface area (Å²) in [5.41, 5.74) is 15.2. The van der Waals surface area contributed by atoms with Gasteiger partial charge in [0.05, 0.1) is 12.8 Å². The van der Waals surface area contributed by atoms with Crippen molar-refractivity contribution < 1.29 is 4.74 Å². The number of hydrogen-bond acceptors (Lipinski definition) is 4. The lowest BCUT2D eigenvalue weighted by Crippen LogP contribution is -2.02. The Labute approximate surface area is 129 Å². The van der Waals surface area contributed by atoms with Crippen molar-refractivity contribution in [3.8, 4) is 22.8 Å². The van der Waals surface area contributed by atoms with Crippen molar-refractivity contribution in [2.75, 3.05) is 12.8 Å². The van der Waals surface area contributed by atoms with Crippen LogP contribution in [0.3, 0.4) is 0 Å². The SMILES string of the molecule is COc1cc(-n2ccnc2-c2cccc(N)c2)ccc1CN. The Kier molecular flexibility index (Phi) is 3.80. The van der Waals surface area contributed by atoms with Crippen LogP contribution in [0.4, 0.5) is 5.69 Å². The van der Waals surface area contributed by atoms with Crippen LogP contribution >= 0.6 is 0 Å². The van der Waals surface area contributed by atoms with Crippen LogP contribution in [0.2, 0.25) is 0 Å². The second kappa shape index (κ2) is 5.91. The smallest absolute Gasteiger partial charge is 0.144 e. The van der Waals surface area contributed by atoms with Crippen LogP contribution in [-0.2, 0) is 6.54 Å². The molecule has 3 aromatic rings. The molecule has 0 saturated carbocycles. The maximum atomic E-state index is 5.87. The summed E-state index contributed by atoms with van der Waals surface area (Å²) in [6, 6.07) is 13.6. The average molecular weight is 294 g/mol. The van der Waals surface area contributed by atoms with E-state index in [0.717, 1.165) is 28.4 Å². The molecule has 1 heterocycles. The molecule has 0 aliphatic carbocycles. The van der Waals surface area contributed by atoms with Crippen molar-refractivity contribution in [1.82, 2.24) is 9.55 Å². The molecule has 0 bridgehead atoms. The van der Waals surface area contributed by atoms with Gasteiger partial charge in [0.15, 0.2) is 0 Å². The van der Waals surface area contributed by atoms with Crippen LogP contribution in [0, 0.1) is 0 Å². The molecule has 0 aliphatic rings. The highest BCUT2D eigenvalue weighted by molar-refractivity contribution is 5.64. The molecule has 2 aromatic carbocycles. The first-order valence-electron chi connectivity index (χ1n) is 6.99. The number of imidazole rings is 1. The van der Waals surface area contributed by atoms with E-state index >= 15 is 0 Å². The molecule has 0 amide bonds. The number of rotatable bonds is 4. The number of methoxy groups -OCH3 is 1. The molecule has 5 heteroatoms. The molecule has 0 radical (unpaired) electrons. The number of nitrogen functional groups attached to an aromatic ring is 1. The minimum atomic E-state index is 0.440. The van der Waals surface area contributed by atoms with Gasteiger partial charge in [-0.1, -0.05) is 18.2 Å². The van der Waals surface area contributed by atoms with Crippen LogP contribution in [0.1, 0.15) is 5.56 Å². The van der Waals surface area contributed by atoms with Crippen molar-refractivity contribution in [3.05, 3.63) is 60.4 Å². The lowest BCUT2D eigenvalue weighted by molar-refractivity contribution is 0.409. The molecular weight excluding hydrogens is 276 g/mol. The predicted octanol–water partition coefficient (Wildman–Crippen LogP) is 2.59. The van der Waals surface area contributed by atoms with Crippen molar-refractivity contribution in [1.29, 1.82) is 0 Å². The van der Waals surface area contributed by atoms with Gasteiger partial charge in [-0.3, -0.25) is 4.57 Å². The quantitative estimate of drug-likeness (QED) is 0.725. The Morgan fingerprint density at radius 2 is 2.05 bits per heavy atom. The molecule has 5 nitrogen and oxygen atoms in total. The lowest BCUT2D eigenvalue weighted by Gasteiger charge is -2.12. The molecule has 112 valence electrons. The molecule has 0 saturated heterocycles. The largest absolute Gasteiger partial charge is 0.496 e. The first-order chi connectivity index (χ1) is 10.7. The maximum Gasteiger partial charge on any atom is 0.144 e. The molecule has 0 fully saturated rings. The molecule has 0 aliphatic heterocycles. The fraction of sp³-hybridized carbons (Fsp3) is 0.118. The highest BCUT2D eigenvalue weighted by atomic mass is 16.5. The Balaban J connectivity index is 2.09. The van der Waals surface area contributed by atoms with Gasteiger partial charge in [0.2, 0.25) is 0 Å². The van der Waals surface area contributed by atoms with E-state index in [1.54, 1.807) is 13.3 Å². The first-order valence-corrected chi connectivity index (χ1v) is 6.99. The summed E-state index contributed by atoms with van der Waals surface area (Å²) in [7, 11) is 1.64. The lowest BCUT2D eigenvalue weighted by atomic mass is 10.1. The average Bonchev–Trinajstić information content (AvgIpc) is 3.03. The molecule has 1 aromatic heterocycles. The van der Waals surface area contributed by atoms with Crippen LogP contribution < -0.4 is 16.2 Å². The number of benzene rings is 2. The molecule has 0 atom stereocenters. The monoisotopic (exact) mass is 294 g/mol. The second-order valence-electron chi connectivity index (χ2n) is 4.95. The van der Waals surface area contributed by atoms with E-state index < -0.39 is 0 Å². The summed E-state index contributed by atoms with van der Waals surface area (Å²) in [5.74, 6) is 1.60. The third-order valence-electron chi connectivity index (χ3n) is 3.55. The normalized spacial score (nSPS) is 10.6. The van der Waals surface area contributed by atoms with Crippen LogP contribution in [0.5, 0.6) is 5.75 Å². The molecule has 0 spiro atoms. The van der Waals surface area contributed by atoms with Gasteiger partial charge in [-0.2, -0.15) is 0 Å². The molecule has 4 N–H and O–H groups in total. The fourth-order valence-corrected chi connectivity index (χ4v) is 2.45. The third-order valence-corrected chi connectivity index (χ3v) is 3.55. The molecule has 3 rings (SSSR count). The third kappa shape index (κ3) is 2.54. The number of hydrogen-bond donors (Lipinski definition) is 2. The van der Waals surface area contributed by atoms with Gasteiger partial charge in [0.25, 0.3) is 0 Å². The molecule has 0 unspecified atom stereocenters. The zero-order chi connectivity index (χ0) is 15.5. The number of aromatic nitrogens is 2. The van der Waals surface area contributed by atoms with E-state index in [1.807, 2.05) is 53.2 Å². The van der Waals surface area contributed by atoms with E-state index in [-0.39, 0.29) is 0 Å². The Morgan fingerprint density at radius 3 is 2.77 bits per heavy atom. The van der Waals surface area contributed by atoms with Crippen molar-refractivity contribution >= 4 is 5.69 Å². The number of nitrogens with zero attached hydrogens (tertiary/aromatic N) is 2. The van der Waals surface area contributed by atoms with Crippen LogP contribution in [0.15, 0.2) is 54.9 Å². The number of anilines is 1. The minimum Gasteiger partial charge on any atom is -0.496 e. The topological polar surface area (TPSA) is 79.1 Å². The highest BCUT2D eigenvalue weighted by Crippen LogP contribution is 2.27. The van der Waals surface area contributed by atoms with Gasteiger partial charge < -0.3 is 16.2 Å². The molecular formula is C17H18N4O. The highest BCUT2D eigenvalue weighted by Gasteiger charge is 2.10. The van der Waals surface area contributed by atoms with Gasteiger partial charge in [-0.05, 0) is 18.2 Å². The Hall–Kier alpha value is -2.79. The fourth-order valence-electron chi connectivity index (χ4n) is 2.45. The first kappa shape index (κ1) is 14.2. The standard InChI is InChI=1S/C17H18N4O/c1-22-16-10-15(6-5-13(16)11-18)21-8-7-20-17(21)12-3-2-4-14(19)9-12/h2-10H,11,18-19H2,1H3.